The van der Waals surface area contributed by atoms with Crippen LogP contribution in [0.3, 0.4) is 0 Å². The van der Waals surface area contributed by atoms with E-state index in [4.69, 9.17) is 0 Å². The minimum absolute atomic E-state index is 0.00259. The Morgan fingerprint density at radius 3 is 2.55 bits per heavy atom. The SMILES string of the molecule is CC(c1cccs1)N(C)C(=O)C1(C#N)CCCCCC1. The smallest absolute Gasteiger partial charge is 0.243 e. The zero-order valence-electron chi connectivity index (χ0n) is 12.3. The second kappa shape index (κ2) is 6.41. The van der Waals surface area contributed by atoms with Crippen molar-refractivity contribution in [3.8, 4) is 6.07 Å². The van der Waals surface area contributed by atoms with Crippen molar-refractivity contribution < 1.29 is 4.79 Å². The van der Waals surface area contributed by atoms with Crippen LogP contribution in [0.4, 0.5) is 0 Å². The Morgan fingerprint density at radius 1 is 1.40 bits per heavy atom. The van der Waals surface area contributed by atoms with Gasteiger partial charge in [0.05, 0.1) is 12.1 Å². The zero-order valence-corrected chi connectivity index (χ0v) is 13.1. The number of hydrogen-bond acceptors (Lipinski definition) is 3. The molecule has 1 unspecified atom stereocenters. The van der Waals surface area contributed by atoms with Crippen molar-refractivity contribution in [1.29, 1.82) is 5.26 Å². The van der Waals surface area contributed by atoms with E-state index >= 15 is 0 Å². The predicted octanol–water partition coefficient (Wildman–Crippen LogP) is 4.13. The van der Waals surface area contributed by atoms with Crippen LogP contribution in [0, 0.1) is 16.7 Å². The molecular weight excluding hydrogens is 268 g/mol. The molecule has 1 amide bonds. The Balaban J connectivity index is 2.17. The molecule has 0 aromatic carbocycles. The maximum atomic E-state index is 12.8. The molecule has 1 atom stereocenters. The van der Waals surface area contributed by atoms with Gasteiger partial charge in [-0.05, 0) is 31.2 Å². The number of nitrogens with zero attached hydrogens (tertiary/aromatic N) is 2. The van der Waals surface area contributed by atoms with Crippen LogP contribution in [0.15, 0.2) is 17.5 Å². The second-order valence-corrected chi connectivity index (χ2v) is 6.69. The monoisotopic (exact) mass is 290 g/mol. The van der Waals surface area contributed by atoms with E-state index in [0.717, 1.165) is 25.7 Å². The number of thiophene rings is 1. The molecule has 4 heteroatoms. The molecule has 0 bridgehead atoms. The van der Waals surface area contributed by atoms with Gasteiger partial charge in [-0.2, -0.15) is 5.26 Å². The molecule has 1 heterocycles. The van der Waals surface area contributed by atoms with Gasteiger partial charge in [-0.25, -0.2) is 0 Å². The normalized spacial score (nSPS) is 19.6. The third-order valence-electron chi connectivity index (χ3n) is 4.44. The van der Waals surface area contributed by atoms with Crippen molar-refractivity contribution in [2.24, 2.45) is 5.41 Å². The third-order valence-corrected chi connectivity index (χ3v) is 5.48. The highest BCUT2D eigenvalue weighted by molar-refractivity contribution is 7.10. The van der Waals surface area contributed by atoms with Crippen LogP contribution in [0.25, 0.3) is 0 Å². The van der Waals surface area contributed by atoms with Gasteiger partial charge in [0.25, 0.3) is 0 Å². The summed E-state index contributed by atoms with van der Waals surface area (Å²) in [6.45, 7) is 2.03. The molecule has 1 fully saturated rings. The largest absolute Gasteiger partial charge is 0.337 e. The van der Waals surface area contributed by atoms with Crippen LogP contribution in [0.5, 0.6) is 0 Å². The van der Waals surface area contributed by atoms with Crippen molar-refractivity contribution in [1.82, 2.24) is 4.90 Å². The first-order valence-corrected chi connectivity index (χ1v) is 8.20. The molecule has 2 rings (SSSR count). The summed E-state index contributed by atoms with van der Waals surface area (Å²) in [5, 5.41) is 11.6. The van der Waals surface area contributed by atoms with E-state index in [1.165, 1.54) is 4.88 Å². The quantitative estimate of drug-likeness (QED) is 0.786. The molecule has 0 aliphatic heterocycles. The van der Waals surface area contributed by atoms with Gasteiger partial charge < -0.3 is 4.90 Å². The summed E-state index contributed by atoms with van der Waals surface area (Å²) in [6.07, 6.45) is 5.68. The number of nitriles is 1. The molecule has 0 spiro atoms. The van der Waals surface area contributed by atoms with Gasteiger partial charge in [-0.3, -0.25) is 4.79 Å². The summed E-state index contributed by atoms with van der Waals surface area (Å²) in [6, 6.07) is 6.44. The molecule has 20 heavy (non-hydrogen) atoms. The third kappa shape index (κ3) is 2.88. The first kappa shape index (κ1) is 15.1. The zero-order chi connectivity index (χ0) is 14.6. The highest BCUT2D eigenvalue weighted by Crippen LogP contribution is 2.38. The van der Waals surface area contributed by atoms with E-state index in [-0.39, 0.29) is 11.9 Å². The van der Waals surface area contributed by atoms with Gasteiger partial charge in [0.2, 0.25) is 5.91 Å². The minimum atomic E-state index is -0.795. The van der Waals surface area contributed by atoms with Crippen molar-refractivity contribution in [3.05, 3.63) is 22.4 Å². The van der Waals surface area contributed by atoms with Gasteiger partial charge in [0, 0.05) is 11.9 Å². The molecule has 108 valence electrons. The molecule has 0 saturated heterocycles. The molecule has 1 aromatic rings. The van der Waals surface area contributed by atoms with Crippen LogP contribution < -0.4 is 0 Å². The maximum absolute atomic E-state index is 12.8. The van der Waals surface area contributed by atoms with Crippen LogP contribution in [-0.4, -0.2) is 17.9 Å². The van der Waals surface area contributed by atoms with Crippen molar-refractivity contribution in [3.63, 3.8) is 0 Å². The Hall–Kier alpha value is -1.34. The summed E-state index contributed by atoms with van der Waals surface area (Å²) < 4.78 is 0. The molecule has 1 aromatic heterocycles. The van der Waals surface area contributed by atoms with Gasteiger partial charge >= 0.3 is 0 Å². The average Bonchev–Trinajstić information content (AvgIpc) is 2.90. The maximum Gasteiger partial charge on any atom is 0.243 e. The van der Waals surface area contributed by atoms with Gasteiger partial charge in [0.15, 0.2) is 0 Å². The van der Waals surface area contributed by atoms with Crippen molar-refractivity contribution >= 4 is 17.2 Å². The summed E-state index contributed by atoms with van der Waals surface area (Å²) in [4.78, 5) is 15.8. The summed E-state index contributed by atoms with van der Waals surface area (Å²) in [5.74, 6) is 0.00259. The highest BCUT2D eigenvalue weighted by atomic mass is 32.1. The van der Waals surface area contributed by atoms with Crippen LogP contribution in [-0.2, 0) is 4.79 Å². The summed E-state index contributed by atoms with van der Waals surface area (Å²) in [5.41, 5.74) is -0.795. The van der Waals surface area contributed by atoms with E-state index in [2.05, 4.69) is 6.07 Å². The number of carbonyl (C=O) groups is 1. The summed E-state index contributed by atoms with van der Waals surface area (Å²) in [7, 11) is 1.83. The molecule has 0 radical (unpaired) electrons. The molecule has 3 nitrogen and oxygen atoms in total. The lowest BCUT2D eigenvalue weighted by Gasteiger charge is -2.32. The van der Waals surface area contributed by atoms with Gasteiger partial charge in [-0.1, -0.05) is 31.7 Å². The summed E-state index contributed by atoms with van der Waals surface area (Å²) >= 11 is 1.66. The Morgan fingerprint density at radius 2 is 2.05 bits per heavy atom. The average molecular weight is 290 g/mol. The van der Waals surface area contributed by atoms with Crippen molar-refractivity contribution in [2.75, 3.05) is 7.05 Å². The molecular formula is C16H22N2OS. The minimum Gasteiger partial charge on any atom is -0.337 e. The van der Waals surface area contributed by atoms with Gasteiger partial charge in [-0.15, -0.1) is 11.3 Å². The van der Waals surface area contributed by atoms with Crippen LogP contribution in [0.1, 0.15) is 56.4 Å². The lowest BCUT2D eigenvalue weighted by atomic mass is 9.80. The highest BCUT2D eigenvalue weighted by Gasteiger charge is 2.41. The number of amides is 1. The molecule has 1 saturated carbocycles. The molecule has 1 aliphatic carbocycles. The molecule has 1 aliphatic rings. The lowest BCUT2D eigenvalue weighted by molar-refractivity contribution is -0.140. The topological polar surface area (TPSA) is 44.1 Å². The van der Waals surface area contributed by atoms with Crippen LogP contribution in [0.2, 0.25) is 0 Å². The van der Waals surface area contributed by atoms with Crippen LogP contribution >= 0.6 is 11.3 Å². The first-order valence-electron chi connectivity index (χ1n) is 7.33. The second-order valence-electron chi connectivity index (χ2n) is 5.72. The van der Waals surface area contributed by atoms with E-state index < -0.39 is 5.41 Å². The van der Waals surface area contributed by atoms with Crippen molar-refractivity contribution in [2.45, 2.75) is 51.5 Å². The first-order chi connectivity index (χ1) is 9.60. The number of hydrogen-bond donors (Lipinski definition) is 0. The Labute approximate surface area is 125 Å². The fourth-order valence-corrected chi connectivity index (χ4v) is 3.77. The van der Waals surface area contributed by atoms with Gasteiger partial charge in [0.1, 0.15) is 5.41 Å². The fraction of sp³-hybridized carbons (Fsp3) is 0.625. The lowest BCUT2D eigenvalue weighted by Crippen LogP contribution is -2.42. The van der Waals surface area contributed by atoms with E-state index in [9.17, 15) is 10.1 Å². The van der Waals surface area contributed by atoms with E-state index in [1.807, 2.05) is 31.5 Å². The Bertz CT molecular complexity index is 481. The van der Waals surface area contributed by atoms with E-state index in [0.29, 0.717) is 12.8 Å². The standard InChI is InChI=1S/C16H22N2OS/c1-13(14-8-7-11-20-14)18(2)15(19)16(12-17)9-5-3-4-6-10-16/h7-8,11,13H,3-6,9-10H2,1-2H3. The Kier molecular flexibility index (Phi) is 4.82. The molecule has 0 N–H and O–H groups in total. The fourth-order valence-electron chi connectivity index (χ4n) is 2.94. The van der Waals surface area contributed by atoms with E-state index in [1.54, 1.807) is 16.2 Å². The number of rotatable bonds is 3. The predicted molar refractivity (Wildman–Crippen MR) is 81.3 cm³/mol. The number of carbonyl (C=O) groups excluding carboxylic acids is 1.